The smallest absolute Gasteiger partial charge is 0.321 e. The summed E-state index contributed by atoms with van der Waals surface area (Å²) in [5.41, 5.74) is 3.79. The number of nitrogens with zero attached hydrogens (tertiary/aromatic N) is 1. The molecular weight excluding hydrogens is 428 g/mol. The number of rotatable bonds is 8. The minimum Gasteiger partial charge on any atom is -0.489 e. The van der Waals surface area contributed by atoms with Crippen LogP contribution in [0.15, 0.2) is 78.9 Å². The highest BCUT2D eigenvalue weighted by atomic mass is 16.5. The van der Waals surface area contributed by atoms with Gasteiger partial charge in [-0.15, -0.1) is 0 Å². The Bertz CT molecular complexity index is 1130. The van der Waals surface area contributed by atoms with Crippen LogP contribution < -0.4 is 15.0 Å². The second-order valence-electron chi connectivity index (χ2n) is 8.90. The molecule has 0 fully saturated rings. The van der Waals surface area contributed by atoms with Gasteiger partial charge in [-0.3, -0.25) is 14.9 Å². The van der Waals surface area contributed by atoms with E-state index in [1.54, 1.807) is 4.90 Å². The van der Waals surface area contributed by atoms with Crippen molar-refractivity contribution in [3.63, 3.8) is 0 Å². The van der Waals surface area contributed by atoms with E-state index in [0.717, 1.165) is 11.1 Å². The van der Waals surface area contributed by atoms with Crippen LogP contribution in [-0.4, -0.2) is 35.7 Å². The lowest BCUT2D eigenvalue weighted by molar-refractivity contribution is -0.140. The van der Waals surface area contributed by atoms with E-state index in [1.165, 1.54) is 5.56 Å². The van der Waals surface area contributed by atoms with Crippen molar-refractivity contribution in [2.45, 2.75) is 44.8 Å². The molecule has 1 heterocycles. The molecule has 4 rings (SSSR count). The van der Waals surface area contributed by atoms with Crippen LogP contribution in [0, 0.1) is 0 Å². The number of anilines is 1. The molecule has 1 aliphatic rings. The first-order valence-electron chi connectivity index (χ1n) is 11.6. The lowest BCUT2D eigenvalue weighted by Crippen LogP contribution is -2.54. The fraction of sp³-hybridized carbons (Fsp3) is 0.286. The molecule has 0 aliphatic carbocycles. The first kappa shape index (κ1) is 23.5. The van der Waals surface area contributed by atoms with E-state index < -0.39 is 18.1 Å². The van der Waals surface area contributed by atoms with E-state index in [0.29, 0.717) is 23.9 Å². The van der Waals surface area contributed by atoms with E-state index in [9.17, 15) is 14.7 Å². The van der Waals surface area contributed by atoms with Gasteiger partial charge in [0.25, 0.3) is 0 Å². The van der Waals surface area contributed by atoms with Crippen LogP contribution in [0.1, 0.15) is 36.5 Å². The lowest BCUT2D eigenvalue weighted by atomic mass is 10.0. The summed E-state index contributed by atoms with van der Waals surface area (Å²) in [5, 5.41) is 12.9. The van der Waals surface area contributed by atoms with E-state index in [4.69, 9.17) is 4.74 Å². The van der Waals surface area contributed by atoms with Crippen LogP contribution in [0.25, 0.3) is 0 Å². The maximum absolute atomic E-state index is 13.7. The van der Waals surface area contributed by atoms with Crippen molar-refractivity contribution in [1.82, 2.24) is 5.32 Å². The normalized spacial score (nSPS) is 16.5. The molecule has 1 aliphatic heterocycles. The largest absolute Gasteiger partial charge is 0.489 e. The van der Waals surface area contributed by atoms with Crippen LogP contribution in [0.5, 0.6) is 5.75 Å². The Labute approximate surface area is 200 Å². The molecule has 0 radical (unpaired) electrons. The van der Waals surface area contributed by atoms with Gasteiger partial charge in [-0.25, -0.2) is 0 Å². The minimum atomic E-state index is -1.01. The van der Waals surface area contributed by atoms with Gasteiger partial charge in [0.05, 0.1) is 12.2 Å². The number of benzene rings is 3. The monoisotopic (exact) mass is 458 g/mol. The number of carbonyl (C=O) groups excluding carboxylic acids is 1. The number of nitrogens with one attached hydrogen (secondary N) is 1. The predicted molar refractivity (Wildman–Crippen MR) is 132 cm³/mol. The number of para-hydroxylation sites is 2. The maximum Gasteiger partial charge on any atom is 0.321 e. The number of aliphatic carboxylic acids is 1. The Morgan fingerprint density at radius 1 is 1.00 bits per heavy atom. The first-order valence-corrected chi connectivity index (χ1v) is 11.6. The third-order valence-electron chi connectivity index (χ3n) is 6.10. The maximum atomic E-state index is 13.7. The van der Waals surface area contributed by atoms with Crippen molar-refractivity contribution < 1.29 is 19.4 Å². The van der Waals surface area contributed by atoms with Crippen molar-refractivity contribution in [2.24, 2.45) is 0 Å². The molecular formula is C28H30N2O4. The molecule has 176 valence electrons. The average molecular weight is 459 g/mol. The zero-order valence-corrected chi connectivity index (χ0v) is 19.5. The van der Waals surface area contributed by atoms with Gasteiger partial charge >= 0.3 is 5.97 Å². The highest BCUT2D eigenvalue weighted by Gasteiger charge is 2.34. The molecule has 6 nitrogen and oxygen atoms in total. The van der Waals surface area contributed by atoms with Crippen LogP contribution in [0.2, 0.25) is 0 Å². The molecule has 0 unspecified atom stereocenters. The zero-order valence-electron chi connectivity index (χ0n) is 19.5. The van der Waals surface area contributed by atoms with Gasteiger partial charge in [-0.05, 0) is 41.2 Å². The minimum absolute atomic E-state index is 0.0528. The average Bonchev–Trinajstić information content (AvgIpc) is 2.97. The third-order valence-corrected chi connectivity index (χ3v) is 6.10. The summed E-state index contributed by atoms with van der Waals surface area (Å²) in [7, 11) is 0. The molecule has 1 amide bonds. The van der Waals surface area contributed by atoms with Crippen molar-refractivity contribution in [1.29, 1.82) is 0 Å². The Morgan fingerprint density at radius 2 is 1.68 bits per heavy atom. The number of hydrogen-bond acceptors (Lipinski definition) is 4. The Kier molecular flexibility index (Phi) is 7.28. The molecule has 2 N–H and O–H groups in total. The van der Waals surface area contributed by atoms with Gasteiger partial charge in [-0.1, -0.05) is 80.6 Å². The summed E-state index contributed by atoms with van der Waals surface area (Å²) >= 11 is 0. The Morgan fingerprint density at radius 3 is 2.35 bits per heavy atom. The zero-order chi connectivity index (χ0) is 24.1. The highest BCUT2D eigenvalue weighted by Crippen LogP contribution is 2.32. The van der Waals surface area contributed by atoms with Crippen molar-refractivity contribution in [2.75, 3.05) is 11.5 Å². The predicted octanol–water partition coefficient (Wildman–Crippen LogP) is 4.39. The van der Waals surface area contributed by atoms with Crippen LogP contribution in [-0.2, 0) is 22.6 Å². The Hall–Kier alpha value is -3.64. The van der Waals surface area contributed by atoms with Gasteiger partial charge < -0.3 is 14.7 Å². The van der Waals surface area contributed by atoms with E-state index in [-0.39, 0.29) is 18.9 Å². The number of hydrogen-bond donors (Lipinski definition) is 2. The van der Waals surface area contributed by atoms with Crippen molar-refractivity contribution >= 4 is 17.6 Å². The molecule has 0 saturated carbocycles. The molecule has 0 saturated heterocycles. The number of amides is 1. The molecule has 6 heteroatoms. The third kappa shape index (κ3) is 5.46. The topological polar surface area (TPSA) is 78.9 Å². The lowest BCUT2D eigenvalue weighted by Gasteiger charge is -2.27. The summed E-state index contributed by atoms with van der Waals surface area (Å²) in [6, 6.07) is 23.3. The summed E-state index contributed by atoms with van der Waals surface area (Å²) < 4.78 is 5.96. The summed E-state index contributed by atoms with van der Waals surface area (Å²) in [5.74, 6) is -0.186. The van der Waals surface area contributed by atoms with Gasteiger partial charge in [0, 0.05) is 0 Å². The molecule has 3 aromatic carbocycles. The number of carboxylic acids is 1. The fourth-order valence-corrected chi connectivity index (χ4v) is 4.14. The van der Waals surface area contributed by atoms with E-state index in [2.05, 4.69) is 31.3 Å². The summed E-state index contributed by atoms with van der Waals surface area (Å²) in [6.07, 6.45) is 0.267. The molecule has 0 aromatic heterocycles. The second kappa shape index (κ2) is 10.5. The summed E-state index contributed by atoms with van der Waals surface area (Å²) in [4.78, 5) is 27.4. The molecule has 2 atom stereocenters. The van der Waals surface area contributed by atoms with Gasteiger partial charge in [0.2, 0.25) is 5.91 Å². The van der Waals surface area contributed by atoms with Gasteiger partial charge in [0.15, 0.2) is 0 Å². The number of fused-ring (bicyclic) bond motifs is 1. The van der Waals surface area contributed by atoms with Gasteiger partial charge in [0.1, 0.15) is 24.4 Å². The highest BCUT2D eigenvalue weighted by molar-refractivity contribution is 5.99. The van der Waals surface area contributed by atoms with Crippen LogP contribution >= 0.6 is 0 Å². The van der Waals surface area contributed by atoms with Gasteiger partial charge in [-0.2, -0.15) is 0 Å². The summed E-state index contributed by atoms with van der Waals surface area (Å²) in [6.45, 7) is 4.71. The molecule has 0 spiro atoms. The second-order valence-corrected chi connectivity index (χ2v) is 8.90. The SMILES string of the molecule is CC(C)c1ccc(CN2C(=O)[C@@H](N[C@@H](Cc3ccccc3)C(=O)O)COc3ccccc32)cc1. The molecule has 34 heavy (non-hydrogen) atoms. The number of carboxylic acid groups (broad SMARTS) is 1. The molecule has 3 aromatic rings. The standard InChI is InChI=1S/C28H30N2O4/c1-19(2)22-14-12-21(13-15-22)17-30-25-10-6-7-11-26(25)34-18-24(27(30)31)29-23(28(32)33)16-20-8-4-3-5-9-20/h3-15,19,23-24,29H,16-18H2,1-2H3,(H,32,33)/t23-,24-/m0/s1. The number of carbonyl (C=O) groups is 2. The number of ether oxygens (including phenoxy) is 1. The first-order chi connectivity index (χ1) is 16.4. The van der Waals surface area contributed by atoms with Crippen LogP contribution in [0.4, 0.5) is 5.69 Å². The Balaban J connectivity index is 1.59. The molecule has 0 bridgehead atoms. The van der Waals surface area contributed by atoms with Crippen LogP contribution in [0.3, 0.4) is 0 Å². The van der Waals surface area contributed by atoms with E-state index in [1.807, 2.05) is 66.7 Å². The fourth-order valence-electron chi connectivity index (χ4n) is 4.14. The van der Waals surface area contributed by atoms with E-state index >= 15 is 0 Å². The quantitative estimate of drug-likeness (QED) is 0.523. The van der Waals surface area contributed by atoms with Crippen molar-refractivity contribution in [3.05, 3.63) is 95.6 Å². The van der Waals surface area contributed by atoms with Crippen molar-refractivity contribution in [3.8, 4) is 5.75 Å².